The van der Waals surface area contributed by atoms with Gasteiger partial charge in [-0.1, -0.05) is 136 Å². The van der Waals surface area contributed by atoms with Gasteiger partial charge in [0.2, 0.25) is 0 Å². The molecule has 1 heterocycles. The van der Waals surface area contributed by atoms with Crippen molar-refractivity contribution >= 4 is 19.8 Å². The molecule has 1 aliphatic rings. The minimum Gasteiger partial charge on any atom is -0.462 e. The largest absolute Gasteiger partial charge is 0.472 e. The van der Waals surface area contributed by atoms with Gasteiger partial charge in [0, 0.05) is 12.8 Å². The summed E-state index contributed by atoms with van der Waals surface area (Å²) in [6.45, 7) is 4.08. The lowest BCUT2D eigenvalue weighted by atomic mass is 10.1. The first-order valence-electron chi connectivity index (χ1n) is 22.7. The molecule has 0 radical (unpaired) electrons. The summed E-state index contributed by atoms with van der Waals surface area (Å²) >= 11 is 0. The molecule has 1 saturated heterocycles. The van der Waals surface area contributed by atoms with Crippen molar-refractivity contribution in [1.82, 2.24) is 0 Å². The number of hydrogen-bond acceptors (Lipinski definition) is 8. The van der Waals surface area contributed by atoms with Crippen LogP contribution in [0.15, 0.2) is 109 Å². The maximum atomic E-state index is 12.7. The van der Waals surface area contributed by atoms with Gasteiger partial charge in [-0.15, -0.1) is 0 Å². The maximum Gasteiger partial charge on any atom is 0.472 e. The van der Waals surface area contributed by atoms with E-state index in [2.05, 4.69) is 105 Å². The summed E-state index contributed by atoms with van der Waals surface area (Å²) in [4.78, 5) is 35.4. The molecular weight excluding hydrogens is 790 g/mol. The molecular formula is C50H81NO9P+. The van der Waals surface area contributed by atoms with E-state index in [0.717, 1.165) is 64.2 Å². The van der Waals surface area contributed by atoms with Gasteiger partial charge in [-0.05, 0) is 89.9 Å². The summed E-state index contributed by atoms with van der Waals surface area (Å²) in [5, 5.41) is 0. The molecule has 0 amide bonds. The highest BCUT2D eigenvalue weighted by Crippen LogP contribution is 2.43. The number of quaternary nitrogens is 1. The van der Waals surface area contributed by atoms with Gasteiger partial charge in [0.15, 0.2) is 6.10 Å². The molecule has 0 spiro atoms. The minimum absolute atomic E-state index is 0.000530. The van der Waals surface area contributed by atoms with Crippen molar-refractivity contribution in [3.63, 3.8) is 0 Å². The van der Waals surface area contributed by atoms with Crippen molar-refractivity contribution in [2.75, 3.05) is 47.5 Å². The predicted octanol–water partition coefficient (Wildman–Crippen LogP) is 12.1. The second-order valence-electron chi connectivity index (χ2n) is 16.1. The normalized spacial score (nSPS) is 17.9. The van der Waals surface area contributed by atoms with E-state index in [-0.39, 0.29) is 38.3 Å². The van der Waals surface area contributed by atoms with Crippen molar-refractivity contribution in [2.45, 2.75) is 148 Å². The number of carbonyl (C=O) groups excluding carboxylic acids is 2. The van der Waals surface area contributed by atoms with Crippen LogP contribution < -0.4 is 0 Å². The number of phosphoric acid groups is 1. The van der Waals surface area contributed by atoms with E-state index in [0.29, 0.717) is 30.3 Å². The first-order valence-corrected chi connectivity index (χ1v) is 24.2. The smallest absolute Gasteiger partial charge is 0.462 e. The van der Waals surface area contributed by atoms with Gasteiger partial charge < -0.3 is 23.6 Å². The molecule has 1 fully saturated rings. The Morgan fingerprint density at radius 3 is 1.66 bits per heavy atom. The van der Waals surface area contributed by atoms with Crippen molar-refractivity contribution in [1.29, 1.82) is 0 Å². The molecule has 344 valence electrons. The fraction of sp³-hybridized carbons (Fsp3) is 0.600. The van der Waals surface area contributed by atoms with E-state index in [1.165, 1.54) is 19.3 Å². The van der Waals surface area contributed by atoms with Gasteiger partial charge in [-0.25, -0.2) is 4.57 Å². The molecule has 0 aromatic carbocycles. The number of epoxide rings is 1. The monoisotopic (exact) mass is 871 g/mol. The molecule has 0 bridgehead atoms. The Balaban J connectivity index is 2.39. The second-order valence-corrected chi connectivity index (χ2v) is 17.5. The zero-order valence-electron chi connectivity index (χ0n) is 38.3. The zero-order valence-corrected chi connectivity index (χ0v) is 39.2. The van der Waals surface area contributed by atoms with E-state index in [1.807, 2.05) is 39.4 Å². The first-order chi connectivity index (χ1) is 29.5. The van der Waals surface area contributed by atoms with Crippen molar-refractivity contribution in [3.05, 3.63) is 109 Å². The average Bonchev–Trinajstić information content (AvgIpc) is 3.97. The van der Waals surface area contributed by atoms with Gasteiger partial charge in [-0.3, -0.25) is 18.6 Å². The van der Waals surface area contributed by atoms with Crippen LogP contribution in [0.1, 0.15) is 129 Å². The van der Waals surface area contributed by atoms with Crippen LogP contribution in [0.2, 0.25) is 0 Å². The Kier molecular flexibility index (Phi) is 33.9. The fourth-order valence-electron chi connectivity index (χ4n) is 5.54. The van der Waals surface area contributed by atoms with E-state index < -0.39 is 32.5 Å². The maximum absolute atomic E-state index is 12.7. The number of hydrogen-bond donors (Lipinski definition) is 1. The van der Waals surface area contributed by atoms with Crippen LogP contribution >= 0.6 is 7.82 Å². The lowest BCUT2D eigenvalue weighted by Gasteiger charge is -2.24. The number of carbonyl (C=O) groups is 2. The Labute approximate surface area is 370 Å². The number of allylic oxidation sites excluding steroid dienone is 16. The number of unbranched alkanes of at least 4 members (excludes halogenated alkanes) is 4. The summed E-state index contributed by atoms with van der Waals surface area (Å²) in [6.07, 6.45) is 53.3. The Morgan fingerprint density at radius 1 is 0.607 bits per heavy atom. The highest BCUT2D eigenvalue weighted by Gasteiger charge is 2.36. The topological polar surface area (TPSA) is 121 Å². The summed E-state index contributed by atoms with van der Waals surface area (Å²) < 4.78 is 40.0. The quantitative estimate of drug-likeness (QED) is 0.0161. The summed E-state index contributed by atoms with van der Waals surface area (Å²) in [5.74, 6) is -0.983. The minimum atomic E-state index is -4.42. The van der Waals surface area contributed by atoms with E-state index in [9.17, 15) is 19.0 Å². The predicted molar refractivity (Wildman–Crippen MR) is 251 cm³/mol. The zero-order chi connectivity index (χ0) is 44.7. The molecule has 3 unspecified atom stereocenters. The standard InChI is InChI=1S/C50H80NO9P/c1-6-8-10-12-14-16-17-18-19-20-21-22-23-24-25-27-29-31-36-40-49(52)56-44-46(45-58-61(54,55)57-43-42-51(3,4)5)59-50(53)41-37-33-32-35-39-48-47(60-48)38-34-30-28-26-15-13-11-9-7-2/h8,10,14-16,18-19,21-22,24-26,29-32,34-35,46-48H,6-7,9,11-13,17,20,23,27-28,33,36-45H2,1-5H3/p+1/b10-8-,16-14-,19-18-,22-21-,25-24-,26-15-,31-29-,34-30-,35-32-/t46-,47?,48?/m1/s1. The molecule has 0 aromatic heterocycles. The van der Waals surface area contributed by atoms with Gasteiger partial charge in [0.05, 0.1) is 40.0 Å². The van der Waals surface area contributed by atoms with Crippen LogP contribution in [0, 0.1) is 0 Å². The average molecular weight is 871 g/mol. The SMILES string of the molecule is CC/C=C\C/C=C\C/C=C\C/C=C\C/C=C\C/C=C\CCC(=O)OC[C@H](COP(=O)(O)OCC[N+](C)(C)C)OC(=O)CCC/C=C\CC1OC1C/C=C\C/C=C\CCCCC. The van der Waals surface area contributed by atoms with Crippen molar-refractivity contribution in [3.8, 4) is 0 Å². The Bertz CT molecular complexity index is 1470. The summed E-state index contributed by atoms with van der Waals surface area (Å²) in [7, 11) is 1.37. The van der Waals surface area contributed by atoms with Gasteiger partial charge in [0.1, 0.15) is 19.8 Å². The van der Waals surface area contributed by atoms with Crippen LogP contribution in [0.3, 0.4) is 0 Å². The van der Waals surface area contributed by atoms with E-state index >= 15 is 0 Å². The Hall–Kier alpha value is -3.37. The first kappa shape index (κ1) is 55.6. The number of esters is 2. The molecule has 0 aliphatic carbocycles. The number of likely N-dealkylation sites (N-methyl/N-ethyl adjacent to an activating group) is 1. The highest BCUT2D eigenvalue weighted by molar-refractivity contribution is 7.47. The van der Waals surface area contributed by atoms with Gasteiger partial charge in [-0.2, -0.15) is 0 Å². The van der Waals surface area contributed by atoms with Crippen LogP contribution in [0.4, 0.5) is 0 Å². The number of phosphoric ester groups is 1. The van der Waals surface area contributed by atoms with Crippen LogP contribution in [0.25, 0.3) is 0 Å². The molecule has 1 aliphatic heterocycles. The van der Waals surface area contributed by atoms with Crippen molar-refractivity contribution < 1.29 is 46.8 Å². The Morgan fingerprint density at radius 2 is 1.10 bits per heavy atom. The molecule has 61 heavy (non-hydrogen) atoms. The molecule has 10 nitrogen and oxygen atoms in total. The molecule has 1 N–H and O–H groups in total. The molecule has 11 heteroatoms. The molecule has 0 aromatic rings. The van der Waals surface area contributed by atoms with Crippen LogP contribution in [-0.2, 0) is 37.4 Å². The van der Waals surface area contributed by atoms with Gasteiger partial charge in [0.25, 0.3) is 0 Å². The third kappa shape index (κ3) is 38.1. The van der Waals surface area contributed by atoms with Crippen LogP contribution in [0.5, 0.6) is 0 Å². The third-order valence-electron chi connectivity index (χ3n) is 9.20. The summed E-state index contributed by atoms with van der Waals surface area (Å²) in [6, 6.07) is 0. The number of ether oxygens (including phenoxy) is 3. The summed E-state index contributed by atoms with van der Waals surface area (Å²) in [5.41, 5.74) is 0. The van der Waals surface area contributed by atoms with Gasteiger partial charge >= 0.3 is 19.8 Å². The third-order valence-corrected chi connectivity index (χ3v) is 10.2. The lowest BCUT2D eigenvalue weighted by Crippen LogP contribution is -2.37. The fourth-order valence-corrected chi connectivity index (χ4v) is 6.28. The highest BCUT2D eigenvalue weighted by atomic mass is 31.2. The van der Waals surface area contributed by atoms with E-state index in [1.54, 1.807) is 0 Å². The number of nitrogens with zero attached hydrogens (tertiary/aromatic N) is 1. The second kappa shape index (κ2) is 37.2. The van der Waals surface area contributed by atoms with Crippen LogP contribution in [-0.4, -0.2) is 87.1 Å². The molecule has 4 atom stereocenters. The lowest BCUT2D eigenvalue weighted by molar-refractivity contribution is -0.870. The number of rotatable bonds is 38. The van der Waals surface area contributed by atoms with E-state index in [4.69, 9.17) is 23.3 Å². The van der Waals surface area contributed by atoms with Crippen molar-refractivity contribution in [2.24, 2.45) is 0 Å². The molecule has 0 saturated carbocycles. The molecule has 1 rings (SSSR count).